The van der Waals surface area contributed by atoms with Gasteiger partial charge < -0.3 is 15.8 Å². The molecule has 0 saturated heterocycles. The predicted molar refractivity (Wildman–Crippen MR) is 86.8 cm³/mol. The van der Waals surface area contributed by atoms with Crippen LogP contribution in [0, 0.1) is 6.92 Å². The average molecular weight is 288 g/mol. The van der Waals surface area contributed by atoms with Gasteiger partial charge in [-0.3, -0.25) is 5.10 Å². The van der Waals surface area contributed by atoms with Gasteiger partial charge in [-0.25, -0.2) is 0 Å². The van der Waals surface area contributed by atoms with Crippen molar-refractivity contribution in [1.82, 2.24) is 10.2 Å². The zero-order chi connectivity index (χ0) is 15.1. The third kappa shape index (κ3) is 4.70. The van der Waals surface area contributed by atoms with Crippen molar-refractivity contribution in [2.45, 2.75) is 33.1 Å². The minimum absolute atomic E-state index is 0.711. The summed E-state index contributed by atoms with van der Waals surface area (Å²) in [7, 11) is 0. The molecule has 0 aliphatic rings. The second-order valence-corrected chi connectivity index (χ2v) is 5.19. The maximum atomic E-state index is 5.90. The molecule has 0 amide bonds. The monoisotopic (exact) mass is 288 g/mol. The highest BCUT2D eigenvalue weighted by Gasteiger charge is 2.02. The smallest absolute Gasteiger partial charge is 0.123 e. The molecule has 0 atom stereocenters. The van der Waals surface area contributed by atoms with Crippen LogP contribution in [-0.4, -0.2) is 23.3 Å². The Bertz CT molecular complexity index is 565. The highest BCUT2D eigenvalue weighted by atomic mass is 16.5. The number of nitrogens with zero attached hydrogens (tertiary/aromatic N) is 1. The van der Waals surface area contributed by atoms with Gasteiger partial charge in [0.1, 0.15) is 5.75 Å². The van der Waals surface area contributed by atoms with E-state index in [1.807, 2.05) is 31.3 Å². The van der Waals surface area contributed by atoms with E-state index < -0.39 is 0 Å². The molecule has 5 nitrogen and oxygen atoms in total. The molecule has 0 aliphatic heterocycles. The molecule has 1 aromatic heterocycles. The number of aryl methyl sites for hydroxylation is 2. The molecule has 0 spiro atoms. The first kappa shape index (κ1) is 15.2. The van der Waals surface area contributed by atoms with E-state index in [0.29, 0.717) is 6.61 Å². The van der Waals surface area contributed by atoms with Gasteiger partial charge in [-0.15, -0.1) is 0 Å². The summed E-state index contributed by atoms with van der Waals surface area (Å²) in [6.07, 6.45) is 4.94. The Hall–Kier alpha value is -2.17. The molecule has 0 unspecified atom stereocenters. The molecule has 21 heavy (non-hydrogen) atoms. The Morgan fingerprint density at radius 1 is 1.33 bits per heavy atom. The number of aromatic nitrogens is 2. The normalized spacial score (nSPS) is 10.6. The zero-order valence-electron chi connectivity index (χ0n) is 12.8. The van der Waals surface area contributed by atoms with Gasteiger partial charge in [-0.05, 0) is 37.8 Å². The van der Waals surface area contributed by atoms with Crippen LogP contribution in [0.15, 0.2) is 24.4 Å². The summed E-state index contributed by atoms with van der Waals surface area (Å²) in [6, 6.07) is 5.78. The molecule has 2 rings (SSSR count). The molecule has 1 heterocycles. The molecule has 4 N–H and O–H groups in total. The SMILES string of the molecule is CCCOc1cc(N)cc(NCCCc2cn[nH]c2C)c1. The molecule has 0 bridgehead atoms. The van der Waals surface area contributed by atoms with Crippen molar-refractivity contribution in [3.63, 3.8) is 0 Å². The molecule has 0 fully saturated rings. The molecule has 5 heteroatoms. The molecule has 0 aliphatic carbocycles. The lowest BCUT2D eigenvalue weighted by molar-refractivity contribution is 0.318. The van der Waals surface area contributed by atoms with Gasteiger partial charge in [0.15, 0.2) is 0 Å². The van der Waals surface area contributed by atoms with Crippen LogP contribution >= 0.6 is 0 Å². The number of hydrogen-bond donors (Lipinski definition) is 3. The zero-order valence-corrected chi connectivity index (χ0v) is 12.8. The second kappa shape index (κ2) is 7.57. The number of aromatic amines is 1. The van der Waals surface area contributed by atoms with E-state index in [1.54, 1.807) is 0 Å². The van der Waals surface area contributed by atoms with Crippen LogP contribution in [0.5, 0.6) is 5.75 Å². The number of benzene rings is 1. The Balaban J connectivity index is 1.82. The first-order valence-electron chi connectivity index (χ1n) is 7.45. The van der Waals surface area contributed by atoms with E-state index in [-0.39, 0.29) is 0 Å². The lowest BCUT2D eigenvalue weighted by atomic mass is 10.1. The summed E-state index contributed by atoms with van der Waals surface area (Å²) in [5, 5.41) is 10.4. The number of H-pyrrole nitrogens is 1. The quantitative estimate of drug-likeness (QED) is 0.515. The van der Waals surface area contributed by atoms with Gasteiger partial charge in [0.25, 0.3) is 0 Å². The van der Waals surface area contributed by atoms with Crippen molar-refractivity contribution < 1.29 is 4.74 Å². The molecule has 0 saturated carbocycles. The average Bonchev–Trinajstić information content (AvgIpc) is 2.86. The lowest BCUT2D eigenvalue weighted by Gasteiger charge is -2.11. The van der Waals surface area contributed by atoms with Crippen LogP contribution < -0.4 is 15.8 Å². The van der Waals surface area contributed by atoms with Crippen LogP contribution in [0.25, 0.3) is 0 Å². The highest BCUT2D eigenvalue weighted by molar-refractivity contribution is 5.59. The van der Waals surface area contributed by atoms with E-state index >= 15 is 0 Å². The standard InChI is InChI=1S/C16H24N4O/c1-3-7-21-16-9-14(17)8-15(10-16)18-6-4-5-13-11-19-20-12(13)2/h8-11,18H,3-7,17H2,1-2H3,(H,19,20). The number of anilines is 2. The summed E-state index contributed by atoms with van der Waals surface area (Å²) in [6.45, 7) is 5.73. The Morgan fingerprint density at radius 3 is 2.90 bits per heavy atom. The van der Waals surface area contributed by atoms with Crippen LogP contribution in [0.1, 0.15) is 31.0 Å². The largest absolute Gasteiger partial charge is 0.493 e. The molecule has 114 valence electrons. The number of nitrogens with one attached hydrogen (secondary N) is 2. The van der Waals surface area contributed by atoms with Gasteiger partial charge >= 0.3 is 0 Å². The summed E-state index contributed by atoms with van der Waals surface area (Å²) in [5.74, 6) is 0.824. The molecule has 1 aromatic carbocycles. The van der Waals surface area contributed by atoms with Crippen molar-refractivity contribution in [3.05, 3.63) is 35.7 Å². The fourth-order valence-corrected chi connectivity index (χ4v) is 2.17. The number of ether oxygens (including phenoxy) is 1. The van der Waals surface area contributed by atoms with Gasteiger partial charge in [0.05, 0.1) is 12.8 Å². The third-order valence-corrected chi connectivity index (χ3v) is 3.29. The fraction of sp³-hybridized carbons (Fsp3) is 0.438. The van der Waals surface area contributed by atoms with Gasteiger partial charge in [-0.1, -0.05) is 6.92 Å². The summed E-state index contributed by atoms with van der Waals surface area (Å²) >= 11 is 0. The van der Waals surface area contributed by atoms with Crippen LogP contribution in [0.2, 0.25) is 0 Å². The topological polar surface area (TPSA) is 76.0 Å². The Labute approximate surface area is 125 Å². The van der Waals surface area contributed by atoms with E-state index in [1.165, 1.54) is 5.56 Å². The van der Waals surface area contributed by atoms with Gasteiger partial charge in [-0.2, -0.15) is 5.10 Å². The van der Waals surface area contributed by atoms with Crippen LogP contribution in [0.4, 0.5) is 11.4 Å². The Morgan fingerprint density at radius 2 is 2.19 bits per heavy atom. The molecule has 0 radical (unpaired) electrons. The van der Waals surface area contributed by atoms with E-state index in [4.69, 9.17) is 10.5 Å². The first-order valence-corrected chi connectivity index (χ1v) is 7.45. The number of hydrogen-bond acceptors (Lipinski definition) is 4. The summed E-state index contributed by atoms with van der Waals surface area (Å²) in [4.78, 5) is 0. The summed E-state index contributed by atoms with van der Waals surface area (Å²) in [5.41, 5.74) is 10.0. The van der Waals surface area contributed by atoms with Crippen molar-refractivity contribution in [1.29, 1.82) is 0 Å². The number of rotatable bonds is 8. The highest BCUT2D eigenvalue weighted by Crippen LogP contribution is 2.22. The van der Waals surface area contributed by atoms with Crippen LogP contribution in [-0.2, 0) is 6.42 Å². The first-order chi connectivity index (χ1) is 10.2. The van der Waals surface area contributed by atoms with E-state index in [0.717, 1.165) is 48.6 Å². The molecular weight excluding hydrogens is 264 g/mol. The van der Waals surface area contributed by atoms with Gasteiger partial charge in [0, 0.05) is 35.7 Å². The maximum Gasteiger partial charge on any atom is 0.123 e. The maximum absolute atomic E-state index is 5.90. The van der Waals surface area contributed by atoms with E-state index in [9.17, 15) is 0 Å². The lowest BCUT2D eigenvalue weighted by Crippen LogP contribution is -2.04. The number of nitrogen functional groups attached to an aromatic ring is 1. The van der Waals surface area contributed by atoms with Crippen molar-refractivity contribution in [2.24, 2.45) is 0 Å². The molecule has 2 aromatic rings. The van der Waals surface area contributed by atoms with Crippen molar-refractivity contribution >= 4 is 11.4 Å². The van der Waals surface area contributed by atoms with E-state index in [2.05, 4.69) is 22.4 Å². The minimum Gasteiger partial charge on any atom is -0.493 e. The molecular formula is C16H24N4O. The summed E-state index contributed by atoms with van der Waals surface area (Å²) < 4.78 is 5.63. The minimum atomic E-state index is 0.711. The second-order valence-electron chi connectivity index (χ2n) is 5.19. The predicted octanol–water partition coefficient (Wildman–Crippen LogP) is 3.13. The fourth-order valence-electron chi connectivity index (χ4n) is 2.17. The number of nitrogens with two attached hydrogens (primary N) is 1. The van der Waals surface area contributed by atoms with Gasteiger partial charge in [0.2, 0.25) is 0 Å². The third-order valence-electron chi connectivity index (χ3n) is 3.29. The van der Waals surface area contributed by atoms with Crippen molar-refractivity contribution in [3.8, 4) is 5.75 Å². The van der Waals surface area contributed by atoms with Crippen LogP contribution in [0.3, 0.4) is 0 Å². The van der Waals surface area contributed by atoms with Crippen molar-refractivity contribution in [2.75, 3.05) is 24.2 Å². The Kier molecular flexibility index (Phi) is 5.49.